The topological polar surface area (TPSA) is 0 Å². The van der Waals surface area contributed by atoms with Crippen LogP contribution in [0.3, 0.4) is 0 Å². The van der Waals surface area contributed by atoms with Crippen LogP contribution in [-0.4, -0.2) is 0 Å². The molecule has 1 aromatic rings. The first-order chi connectivity index (χ1) is 7.66. The predicted octanol–water partition coefficient (Wildman–Crippen LogP) is 5.15. The van der Waals surface area contributed by atoms with Crippen molar-refractivity contribution in [2.75, 3.05) is 0 Å². The molecule has 0 bridgehead atoms. The molecule has 0 spiro atoms. The van der Waals surface area contributed by atoms with Crippen LogP contribution in [0.4, 0.5) is 4.39 Å². The Hall–Kier alpha value is -0.370. The largest absolute Gasteiger partial charge is 0.207 e. The molecule has 0 nitrogen and oxygen atoms in total. The maximum absolute atomic E-state index is 13.2. The lowest BCUT2D eigenvalue weighted by molar-refractivity contribution is 0.501. The smallest absolute Gasteiger partial charge is 0.126 e. The maximum atomic E-state index is 13.2. The quantitative estimate of drug-likeness (QED) is 0.674. The monoisotopic (exact) mass is 284 g/mol. The molecule has 16 heavy (non-hydrogen) atoms. The van der Waals surface area contributed by atoms with E-state index in [1.807, 2.05) is 19.1 Å². The molecule has 1 fully saturated rings. The fourth-order valence-corrected chi connectivity index (χ4v) is 3.35. The normalized spacial score (nSPS) is 18.9. The van der Waals surface area contributed by atoms with Crippen LogP contribution >= 0.6 is 15.9 Å². The molecule has 0 N–H and O–H groups in total. The molecule has 0 saturated heterocycles. The average Bonchev–Trinajstić information content (AvgIpc) is 2.74. The van der Waals surface area contributed by atoms with E-state index < -0.39 is 0 Å². The number of rotatable bonds is 3. The maximum Gasteiger partial charge on any atom is 0.126 e. The van der Waals surface area contributed by atoms with Gasteiger partial charge in [-0.25, -0.2) is 4.39 Å². The Morgan fingerprint density at radius 1 is 1.38 bits per heavy atom. The molecule has 0 aromatic heterocycles. The van der Waals surface area contributed by atoms with E-state index in [2.05, 4.69) is 15.9 Å². The molecule has 1 aliphatic rings. The minimum atomic E-state index is -0.107. The van der Waals surface area contributed by atoms with Gasteiger partial charge in [-0.3, -0.25) is 0 Å². The van der Waals surface area contributed by atoms with E-state index in [-0.39, 0.29) is 5.82 Å². The molecule has 2 rings (SSSR count). The number of hydrogen-bond donors (Lipinski definition) is 0. The Morgan fingerprint density at radius 2 is 2.06 bits per heavy atom. The van der Waals surface area contributed by atoms with Gasteiger partial charge in [0.15, 0.2) is 0 Å². The SMILES string of the molecule is Cc1cc(C(Br)CC2CCCC2)ccc1F. The third-order valence-electron chi connectivity index (χ3n) is 3.56. The molecular formula is C14H18BrF. The molecular weight excluding hydrogens is 267 g/mol. The molecule has 0 radical (unpaired) electrons. The van der Waals surface area contributed by atoms with Crippen molar-refractivity contribution in [2.45, 2.75) is 43.9 Å². The predicted molar refractivity (Wildman–Crippen MR) is 69.4 cm³/mol. The van der Waals surface area contributed by atoms with Crippen LogP contribution in [0.5, 0.6) is 0 Å². The van der Waals surface area contributed by atoms with Gasteiger partial charge in [-0.1, -0.05) is 53.7 Å². The summed E-state index contributed by atoms with van der Waals surface area (Å²) in [5.41, 5.74) is 1.96. The Labute approximate surface area is 105 Å². The van der Waals surface area contributed by atoms with E-state index in [0.29, 0.717) is 4.83 Å². The highest BCUT2D eigenvalue weighted by Crippen LogP contribution is 2.37. The highest BCUT2D eigenvalue weighted by Gasteiger charge is 2.19. The fourth-order valence-electron chi connectivity index (χ4n) is 2.54. The van der Waals surface area contributed by atoms with Gasteiger partial charge in [0, 0.05) is 4.83 Å². The van der Waals surface area contributed by atoms with E-state index in [4.69, 9.17) is 0 Å². The lowest BCUT2D eigenvalue weighted by Crippen LogP contribution is -2.00. The lowest BCUT2D eigenvalue weighted by atomic mass is 9.97. The first kappa shape index (κ1) is 12.1. The highest BCUT2D eigenvalue weighted by molar-refractivity contribution is 9.09. The van der Waals surface area contributed by atoms with Crippen molar-refractivity contribution in [2.24, 2.45) is 5.92 Å². The zero-order valence-corrected chi connectivity index (χ0v) is 11.3. The van der Waals surface area contributed by atoms with Gasteiger partial charge in [0.2, 0.25) is 0 Å². The first-order valence-corrected chi connectivity index (χ1v) is 6.98. The van der Waals surface area contributed by atoms with Gasteiger partial charge in [-0.2, -0.15) is 0 Å². The summed E-state index contributed by atoms with van der Waals surface area (Å²) in [6.07, 6.45) is 6.68. The van der Waals surface area contributed by atoms with Crippen LogP contribution in [-0.2, 0) is 0 Å². The highest BCUT2D eigenvalue weighted by atomic mass is 79.9. The summed E-state index contributed by atoms with van der Waals surface area (Å²) in [5.74, 6) is 0.749. The summed E-state index contributed by atoms with van der Waals surface area (Å²) >= 11 is 3.73. The molecule has 1 aliphatic carbocycles. The molecule has 0 heterocycles. The summed E-state index contributed by atoms with van der Waals surface area (Å²) in [5, 5.41) is 0. The number of benzene rings is 1. The lowest BCUT2D eigenvalue weighted by Gasteiger charge is -2.15. The van der Waals surface area contributed by atoms with Crippen LogP contribution in [0.2, 0.25) is 0 Å². The second-order valence-corrected chi connectivity index (χ2v) is 5.97. The van der Waals surface area contributed by atoms with Gasteiger partial charge >= 0.3 is 0 Å². The van der Waals surface area contributed by atoms with Gasteiger partial charge in [-0.05, 0) is 36.5 Å². The number of hydrogen-bond acceptors (Lipinski definition) is 0. The van der Waals surface area contributed by atoms with E-state index in [1.165, 1.54) is 37.7 Å². The Bertz CT molecular complexity index is 356. The van der Waals surface area contributed by atoms with Crippen molar-refractivity contribution in [3.63, 3.8) is 0 Å². The van der Waals surface area contributed by atoms with Crippen LogP contribution in [0.15, 0.2) is 18.2 Å². The van der Waals surface area contributed by atoms with Crippen molar-refractivity contribution in [3.05, 3.63) is 35.1 Å². The van der Waals surface area contributed by atoms with Crippen LogP contribution in [0.25, 0.3) is 0 Å². The number of alkyl halides is 1. The van der Waals surface area contributed by atoms with Crippen molar-refractivity contribution in [1.29, 1.82) is 0 Å². The molecule has 1 atom stereocenters. The van der Waals surface area contributed by atoms with E-state index in [0.717, 1.165) is 11.5 Å². The molecule has 0 aliphatic heterocycles. The average molecular weight is 285 g/mol. The molecule has 2 heteroatoms. The Morgan fingerprint density at radius 3 is 2.69 bits per heavy atom. The zero-order chi connectivity index (χ0) is 11.5. The van der Waals surface area contributed by atoms with Gasteiger partial charge in [0.05, 0.1) is 0 Å². The van der Waals surface area contributed by atoms with Crippen LogP contribution in [0.1, 0.15) is 48.1 Å². The molecule has 88 valence electrons. The molecule has 1 saturated carbocycles. The number of halogens is 2. The third kappa shape index (κ3) is 2.85. The van der Waals surface area contributed by atoms with Crippen LogP contribution < -0.4 is 0 Å². The third-order valence-corrected chi connectivity index (χ3v) is 4.46. The Kier molecular flexibility index (Phi) is 4.01. The zero-order valence-electron chi connectivity index (χ0n) is 9.68. The van der Waals surface area contributed by atoms with Crippen molar-refractivity contribution in [1.82, 2.24) is 0 Å². The molecule has 0 amide bonds. The molecule has 1 unspecified atom stereocenters. The minimum Gasteiger partial charge on any atom is -0.207 e. The number of aryl methyl sites for hydroxylation is 1. The summed E-state index contributed by atoms with van der Waals surface area (Å²) in [6, 6.07) is 5.44. The Balaban J connectivity index is 2.02. The second-order valence-electron chi connectivity index (χ2n) is 4.86. The fraction of sp³-hybridized carbons (Fsp3) is 0.571. The standard InChI is InChI=1S/C14H18BrF/c1-10-8-12(6-7-14(10)16)13(15)9-11-4-2-3-5-11/h6-8,11,13H,2-5,9H2,1H3. The summed E-state index contributed by atoms with van der Waals surface area (Å²) < 4.78 is 13.2. The van der Waals surface area contributed by atoms with Gasteiger partial charge in [-0.15, -0.1) is 0 Å². The second kappa shape index (κ2) is 5.31. The van der Waals surface area contributed by atoms with Gasteiger partial charge < -0.3 is 0 Å². The van der Waals surface area contributed by atoms with Crippen molar-refractivity contribution in [3.8, 4) is 0 Å². The minimum absolute atomic E-state index is 0.107. The van der Waals surface area contributed by atoms with E-state index >= 15 is 0 Å². The van der Waals surface area contributed by atoms with Crippen molar-refractivity contribution < 1.29 is 4.39 Å². The molecule has 1 aromatic carbocycles. The van der Waals surface area contributed by atoms with Gasteiger partial charge in [0.25, 0.3) is 0 Å². The van der Waals surface area contributed by atoms with E-state index in [1.54, 1.807) is 6.07 Å². The van der Waals surface area contributed by atoms with Crippen molar-refractivity contribution >= 4 is 15.9 Å². The van der Waals surface area contributed by atoms with E-state index in [9.17, 15) is 4.39 Å². The first-order valence-electron chi connectivity index (χ1n) is 6.07. The van der Waals surface area contributed by atoms with Gasteiger partial charge in [0.1, 0.15) is 5.82 Å². The summed E-state index contributed by atoms with van der Waals surface area (Å²) in [7, 11) is 0. The van der Waals surface area contributed by atoms with Crippen LogP contribution in [0, 0.1) is 18.7 Å². The summed E-state index contributed by atoms with van der Waals surface area (Å²) in [4.78, 5) is 0.384. The summed E-state index contributed by atoms with van der Waals surface area (Å²) in [6.45, 7) is 1.83.